The van der Waals surface area contributed by atoms with Crippen molar-refractivity contribution in [3.05, 3.63) is 78.0 Å². The van der Waals surface area contributed by atoms with E-state index in [1.165, 1.54) is 30.6 Å². The number of anilines is 3. The van der Waals surface area contributed by atoms with Gasteiger partial charge >= 0.3 is 0 Å². The van der Waals surface area contributed by atoms with Gasteiger partial charge in [0.1, 0.15) is 17.3 Å². The lowest BCUT2D eigenvalue weighted by atomic mass is 10.2. The lowest BCUT2D eigenvalue weighted by Gasteiger charge is -2.07. The molecular weight excluding hydrogens is 307 g/mol. The molecule has 0 aliphatic carbocycles. The fraction of sp³-hybridized carbons (Fsp3) is 0.0556. The van der Waals surface area contributed by atoms with Crippen molar-refractivity contribution in [3.63, 3.8) is 0 Å². The molecule has 2 aromatic carbocycles. The van der Waals surface area contributed by atoms with Crippen LogP contribution in [0.4, 0.5) is 21.6 Å². The first-order chi connectivity index (χ1) is 11.6. The maximum Gasteiger partial charge on any atom is 0.275 e. The summed E-state index contributed by atoms with van der Waals surface area (Å²) in [6.45, 7) is 2.00. The predicted molar refractivity (Wildman–Crippen MR) is 90.8 cm³/mol. The number of hydrogen-bond donors (Lipinski definition) is 2. The van der Waals surface area contributed by atoms with Gasteiger partial charge in [-0.1, -0.05) is 18.2 Å². The first-order valence-electron chi connectivity index (χ1n) is 7.33. The number of nitrogens with one attached hydrogen (secondary N) is 2. The molecular formula is C18H15FN4O. The second-order valence-corrected chi connectivity index (χ2v) is 5.25. The summed E-state index contributed by atoms with van der Waals surface area (Å²) in [5.74, 6) is -0.338. The molecule has 6 heteroatoms. The molecule has 0 saturated carbocycles. The second kappa shape index (κ2) is 6.87. The Kier molecular flexibility index (Phi) is 4.47. The molecule has 0 radical (unpaired) electrons. The van der Waals surface area contributed by atoms with Crippen molar-refractivity contribution in [2.75, 3.05) is 10.6 Å². The zero-order chi connectivity index (χ0) is 16.9. The van der Waals surface area contributed by atoms with Gasteiger partial charge in [0.15, 0.2) is 0 Å². The topological polar surface area (TPSA) is 66.9 Å². The summed E-state index contributed by atoms with van der Waals surface area (Å²) in [6, 6.07) is 13.5. The van der Waals surface area contributed by atoms with Crippen molar-refractivity contribution in [2.45, 2.75) is 6.92 Å². The van der Waals surface area contributed by atoms with E-state index in [9.17, 15) is 9.18 Å². The summed E-state index contributed by atoms with van der Waals surface area (Å²) in [5.41, 5.74) is 2.53. The SMILES string of the molecule is Cc1cccc(Nc2cnc(C(=O)Nc3cccc(F)c3)cn2)c1. The van der Waals surface area contributed by atoms with Crippen LogP contribution < -0.4 is 10.6 Å². The van der Waals surface area contributed by atoms with Crippen LogP contribution in [-0.2, 0) is 0 Å². The molecule has 0 saturated heterocycles. The number of aromatic nitrogens is 2. The van der Waals surface area contributed by atoms with Crippen molar-refractivity contribution in [2.24, 2.45) is 0 Å². The highest BCUT2D eigenvalue weighted by Crippen LogP contribution is 2.15. The summed E-state index contributed by atoms with van der Waals surface area (Å²) in [6.07, 6.45) is 2.84. The van der Waals surface area contributed by atoms with Crippen molar-refractivity contribution >= 4 is 23.1 Å². The molecule has 1 aromatic heterocycles. The Bertz CT molecular complexity index is 865. The van der Waals surface area contributed by atoms with E-state index in [2.05, 4.69) is 20.6 Å². The number of rotatable bonds is 4. The summed E-state index contributed by atoms with van der Waals surface area (Å²) in [5, 5.41) is 5.69. The Morgan fingerprint density at radius 2 is 1.79 bits per heavy atom. The minimum Gasteiger partial charge on any atom is -0.339 e. The number of aryl methyl sites for hydroxylation is 1. The third-order valence-electron chi connectivity index (χ3n) is 3.26. The van der Waals surface area contributed by atoms with Gasteiger partial charge in [0.05, 0.1) is 12.4 Å². The summed E-state index contributed by atoms with van der Waals surface area (Å²) >= 11 is 0. The molecule has 0 aliphatic rings. The number of hydrogen-bond acceptors (Lipinski definition) is 4. The van der Waals surface area contributed by atoms with E-state index in [1.807, 2.05) is 31.2 Å². The molecule has 0 unspecified atom stereocenters. The zero-order valence-corrected chi connectivity index (χ0v) is 13.0. The number of carbonyl (C=O) groups is 1. The highest BCUT2D eigenvalue weighted by Gasteiger charge is 2.09. The number of nitrogens with zero attached hydrogens (tertiary/aromatic N) is 2. The molecule has 24 heavy (non-hydrogen) atoms. The van der Waals surface area contributed by atoms with Crippen LogP contribution >= 0.6 is 0 Å². The number of carbonyl (C=O) groups excluding carboxylic acids is 1. The van der Waals surface area contributed by atoms with Gasteiger partial charge in [-0.15, -0.1) is 0 Å². The Morgan fingerprint density at radius 1 is 1.00 bits per heavy atom. The first kappa shape index (κ1) is 15.6. The van der Waals surface area contributed by atoms with Crippen LogP contribution in [-0.4, -0.2) is 15.9 Å². The monoisotopic (exact) mass is 322 g/mol. The van der Waals surface area contributed by atoms with Gasteiger partial charge in [-0.3, -0.25) is 4.79 Å². The van der Waals surface area contributed by atoms with Crippen molar-refractivity contribution < 1.29 is 9.18 Å². The third kappa shape index (κ3) is 3.92. The molecule has 2 N–H and O–H groups in total. The van der Waals surface area contributed by atoms with Gasteiger partial charge in [-0.05, 0) is 42.8 Å². The quantitative estimate of drug-likeness (QED) is 0.764. The summed E-state index contributed by atoms with van der Waals surface area (Å²) in [7, 11) is 0. The number of halogens is 1. The van der Waals surface area contributed by atoms with Crippen molar-refractivity contribution in [3.8, 4) is 0 Å². The van der Waals surface area contributed by atoms with Crippen LogP contribution in [0.5, 0.6) is 0 Å². The van der Waals surface area contributed by atoms with Crippen molar-refractivity contribution in [1.29, 1.82) is 0 Å². The molecule has 0 aliphatic heterocycles. The van der Waals surface area contributed by atoms with Gasteiger partial charge < -0.3 is 10.6 Å². The highest BCUT2D eigenvalue weighted by atomic mass is 19.1. The van der Waals surface area contributed by atoms with Crippen molar-refractivity contribution in [1.82, 2.24) is 9.97 Å². The van der Waals surface area contributed by atoms with E-state index in [-0.39, 0.29) is 5.69 Å². The molecule has 0 bridgehead atoms. The molecule has 0 atom stereocenters. The molecule has 5 nitrogen and oxygen atoms in total. The minimum absolute atomic E-state index is 0.147. The molecule has 0 spiro atoms. The Hall–Kier alpha value is -3.28. The molecule has 3 aromatic rings. The normalized spacial score (nSPS) is 10.2. The number of benzene rings is 2. The maximum atomic E-state index is 13.1. The zero-order valence-electron chi connectivity index (χ0n) is 13.0. The minimum atomic E-state index is -0.449. The first-order valence-corrected chi connectivity index (χ1v) is 7.33. The van der Waals surface area contributed by atoms with E-state index in [0.29, 0.717) is 11.5 Å². The van der Waals surface area contributed by atoms with Gasteiger partial charge in [0, 0.05) is 11.4 Å². The largest absolute Gasteiger partial charge is 0.339 e. The summed E-state index contributed by atoms with van der Waals surface area (Å²) in [4.78, 5) is 20.3. The fourth-order valence-corrected chi connectivity index (χ4v) is 2.14. The molecule has 3 rings (SSSR count). The van der Waals surface area contributed by atoms with Gasteiger partial charge in [-0.25, -0.2) is 14.4 Å². The van der Waals surface area contributed by atoms with Crippen LogP contribution in [0.1, 0.15) is 16.1 Å². The molecule has 1 amide bonds. The average Bonchev–Trinajstić information content (AvgIpc) is 2.55. The Labute approximate surface area is 138 Å². The van der Waals surface area contributed by atoms with Gasteiger partial charge in [0.25, 0.3) is 5.91 Å². The van der Waals surface area contributed by atoms with E-state index in [4.69, 9.17) is 0 Å². The molecule has 0 fully saturated rings. The standard InChI is InChI=1S/C18H15FN4O/c1-12-4-2-6-14(8-12)22-17-11-20-16(10-21-17)18(24)23-15-7-3-5-13(19)9-15/h2-11H,1H3,(H,21,22)(H,23,24). The molecule has 1 heterocycles. The van der Waals surface area contributed by atoms with Crippen LogP contribution in [0.2, 0.25) is 0 Å². The van der Waals surface area contributed by atoms with Gasteiger partial charge in [0.2, 0.25) is 0 Å². The second-order valence-electron chi connectivity index (χ2n) is 5.25. The predicted octanol–water partition coefficient (Wildman–Crippen LogP) is 3.92. The highest BCUT2D eigenvalue weighted by molar-refractivity contribution is 6.02. The maximum absolute atomic E-state index is 13.1. The number of amides is 1. The van der Waals surface area contributed by atoms with Crippen LogP contribution in [0.25, 0.3) is 0 Å². The Morgan fingerprint density at radius 3 is 2.50 bits per heavy atom. The lowest BCUT2D eigenvalue weighted by Crippen LogP contribution is -2.14. The van der Waals surface area contributed by atoms with Crippen LogP contribution in [0.15, 0.2) is 60.9 Å². The smallest absolute Gasteiger partial charge is 0.275 e. The van der Waals surface area contributed by atoms with Crippen LogP contribution in [0.3, 0.4) is 0 Å². The van der Waals surface area contributed by atoms with E-state index < -0.39 is 11.7 Å². The van der Waals surface area contributed by atoms with E-state index >= 15 is 0 Å². The Balaban J connectivity index is 1.68. The molecule has 120 valence electrons. The lowest BCUT2D eigenvalue weighted by molar-refractivity contribution is 0.102. The van der Waals surface area contributed by atoms with Crippen LogP contribution in [0, 0.1) is 12.7 Å². The summed E-state index contributed by atoms with van der Waals surface area (Å²) < 4.78 is 13.1. The fourth-order valence-electron chi connectivity index (χ4n) is 2.14. The third-order valence-corrected chi connectivity index (χ3v) is 3.26. The van der Waals surface area contributed by atoms with Gasteiger partial charge in [-0.2, -0.15) is 0 Å². The van der Waals surface area contributed by atoms with E-state index in [0.717, 1.165) is 11.3 Å². The van der Waals surface area contributed by atoms with E-state index in [1.54, 1.807) is 6.07 Å². The average molecular weight is 322 g/mol.